The van der Waals surface area contributed by atoms with Crippen LogP contribution in [0.1, 0.15) is 108 Å². The highest BCUT2D eigenvalue weighted by Gasteiger charge is 2.46. The number of hydrogen-bond acceptors (Lipinski definition) is 15. The van der Waals surface area contributed by atoms with Gasteiger partial charge in [-0.1, -0.05) is 38.0 Å². The van der Waals surface area contributed by atoms with Crippen molar-refractivity contribution >= 4 is 58.4 Å². The van der Waals surface area contributed by atoms with Crippen molar-refractivity contribution < 1.29 is 47.7 Å². The Morgan fingerprint density at radius 3 is 2.23 bits per heavy atom. The molecule has 4 aliphatic heterocycles. The van der Waals surface area contributed by atoms with Crippen LogP contribution in [0.4, 0.5) is 11.5 Å². The van der Waals surface area contributed by atoms with Crippen LogP contribution in [0.25, 0.3) is 5.70 Å². The Labute approximate surface area is 433 Å². The molecule has 19 nitrogen and oxygen atoms in total. The van der Waals surface area contributed by atoms with Crippen LogP contribution in [0.15, 0.2) is 81.3 Å². The van der Waals surface area contributed by atoms with Gasteiger partial charge in [0, 0.05) is 62.9 Å². The summed E-state index contributed by atoms with van der Waals surface area (Å²) < 4.78 is 23.0. The van der Waals surface area contributed by atoms with Gasteiger partial charge in [-0.25, -0.2) is 9.98 Å². The van der Waals surface area contributed by atoms with Crippen LogP contribution >= 0.6 is 0 Å². The molecular formula is C55H71N9O10. The van der Waals surface area contributed by atoms with E-state index in [9.17, 15) is 28.8 Å². The lowest BCUT2D eigenvalue weighted by Gasteiger charge is -2.36. The minimum absolute atomic E-state index is 0.00559. The van der Waals surface area contributed by atoms with Crippen molar-refractivity contribution in [2.45, 2.75) is 104 Å². The Bertz CT molecular complexity index is 2620. The SMILES string of the molecule is C/C=C1/C(C)=C(C(C)=O)C(=O)N(C2CCCC2)/C1=N/C(Nc1ccc(N2CCN(CCOCCOCCOCCNC(=O)COc3cccc4c3C(=O)N(C3CCC(=O)NC3=O)C4=C3CC3)CC2)cn1)=C(\C)CC. The van der Waals surface area contributed by atoms with E-state index in [4.69, 9.17) is 28.9 Å². The summed E-state index contributed by atoms with van der Waals surface area (Å²) in [5, 5.41) is 8.58. The lowest BCUT2D eigenvalue weighted by Crippen LogP contribution is -2.52. The standard InChI is InChI=1S/C55H71N9O10/c1-6-35(3)51(60-52-41(7-2)36(4)48(37(5)65)54(69)63(52)39-11-8-9-12-39)58-45-19-17-40(33-57-45)62-24-22-61(23-25-62)26-28-72-30-32-73-31-29-71-27-21-56-47(67)34-74-44-14-10-13-42-49(44)55(70)64(50(42)38-15-16-38)43-18-20-46(66)59-53(43)68/h7,10,13-14,17,19,33,39,43H,6,8-9,11-12,15-16,18,20-32,34H2,1-5H3,(H,56,67)(H,57,58)(H,59,66,68)/b41-7-,51-35+,60-52+. The number of amidine groups is 1. The Balaban J connectivity index is 0.687. The van der Waals surface area contributed by atoms with Gasteiger partial charge in [-0.15, -0.1) is 0 Å². The van der Waals surface area contributed by atoms with E-state index >= 15 is 0 Å². The number of amides is 5. The number of anilines is 2. The van der Waals surface area contributed by atoms with Gasteiger partial charge >= 0.3 is 0 Å². The normalized spacial score (nSPS) is 21.0. The van der Waals surface area contributed by atoms with Crippen molar-refractivity contribution in [3.63, 3.8) is 0 Å². The number of ketones is 1. The number of nitrogens with zero attached hydrogens (tertiary/aromatic N) is 6. The number of pyridine rings is 1. The lowest BCUT2D eigenvalue weighted by molar-refractivity contribution is -0.136. The highest BCUT2D eigenvalue weighted by molar-refractivity contribution is 6.29. The molecule has 74 heavy (non-hydrogen) atoms. The first-order chi connectivity index (χ1) is 35.9. The summed E-state index contributed by atoms with van der Waals surface area (Å²) in [5.41, 5.74) is 6.55. The molecule has 2 saturated carbocycles. The van der Waals surface area contributed by atoms with Crippen LogP contribution in [-0.2, 0) is 38.2 Å². The first-order valence-corrected chi connectivity index (χ1v) is 26.2. The fourth-order valence-corrected chi connectivity index (χ4v) is 10.2. The number of benzene rings is 1. The third kappa shape index (κ3) is 12.7. The van der Waals surface area contributed by atoms with E-state index in [2.05, 4.69) is 38.7 Å². The number of Topliss-reactive ketones (excluding diaryl/α,β-unsaturated/α-hetero) is 1. The van der Waals surface area contributed by atoms with Gasteiger partial charge in [-0.05, 0) is 101 Å². The van der Waals surface area contributed by atoms with Crippen LogP contribution in [0.2, 0.25) is 0 Å². The van der Waals surface area contributed by atoms with E-state index in [-0.39, 0.29) is 79.4 Å². The molecule has 4 fully saturated rings. The summed E-state index contributed by atoms with van der Waals surface area (Å²) in [6.45, 7) is 16.2. The predicted molar refractivity (Wildman–Crippen MR) is 279 cm³/mol. The molecule has 8 rings (SSSR count). The summed E-state index contributed by atoms with van der Waals surface area (Å²) in [6.07, 6.45) is 10.5. The zero-order valence-electron chi connectivity index (χ0n) is 43.5. The first kappa shape index (κ1) is 53.7. The number of piperazine rings is 1. The number of imide groups is 1. The lowest BCUT2D eigenvalue weighted by atomic mass is 9.90. The molecule has 5 heterocycles. The monoisotopic (exact) mass is 1020 g/mol. The molecule has 5 amide bonds. The number of carbonyl (C=O) groups excluding carboxylic acids is 6. The quantitative estimate of drug-likeness (QED) is 0.0733. The molecule has 1 aromatic carbocycles. The molecule has 6 aliphatic rings. The van der Waals surface area contributed by atoms with Gasteiger partial charge in [0.25, 0.3) is 17.7 Å². The summed E-state index contributed by atoms with van der Waals surface area (Å²) in [6, 6.07) is 8.48. The van der Waals surface area contributed by atoms with E-state index < -0.39 is 11.9 Å². The van der Waals surface area contributed by atoms with Crippen molar-refractivity contribution in [3.8, 4) is 5.75 Å². The third-order valence-electron chi connectivity index (χ3n) is 14.4. The Hall–Kier alpha value is -6.54. The average molecular weight is 1020 g/mol. The second kappa shape index (κ2) is 25.1. The van der Waals surface area contributed by atoms with E-state index in [0.29, 0.717) is 72.9 Å². The molecule has 396 valence electrons. The van der Waals surface area contributed by atoms with Crippen LogP contribution < -0.4 is 25.6 Å². The number of carbonyl (C=O) groups is 6. The second-order valence-corrected chi connectivity index (χ2v) is 19.4. The van der Waals surface area contributed by atoms with Gasteiger partial charge in [-0.2, -0.15) is 0 Å². The highest BCUT2D eigenvalue weighted by Crippen LogP contribution is 2.47. The largest absolute Gasteiger partial charge is 0.483 e. The molecule has 1 aromatic heterocycles. The molecule has 3 N–H and O–H groups in total. The van der Waals surface area contributed by atoms with Crippen molar-refractivity contribution in [2.75, 3.05) is 95.7 Å². The number of fused-ring (bicyclic) bond motifs is 1. The average Bonchev–Trinajstić information content (AvgIpc) is 4.00. The van der Waals surface area contributed by atoms with Gasteiger partial charge in [0.15, 0.2) is 12.4 Å². The molecule has 0 spiro atoms. The zero-order valence-corrected chi connectivity index (χ0v) is 43.5. The maximum atomic E-state index is 13.9. The maximum absolute atomic E-state index is 13.9. The Kier molecular flexibility index (Phi) is 18.2. The molecule has 2 saturated heterocycles. The summed E-state index contributed by atoms with van der Waals surface area (Å²) in [7, 11) is 0. The number of piperidine rings is 1. The smallest absolute Gasteiger partial charge is 0.263 e. The van der Waals surface area contributed by atoms with Crippen molar-refractivity contribution in [3.05, 3.63) is 87.4 Å². The number of aromatic nitrogens is 1. The Morgan fingerprint density at radius 1 is 0.865 bits per heavy atom. The summed E-state index contributed by atoms with van der Waals surface area (Å²) >= 11 is 0. The molecule has 19 heteroatoms. The van der Waals surface area contributed by atoms with Crippen LogP contribution in [0.5, 0.6) is 5.75 Å². The van der Waals surface area contributed by atoms with E-state index in [1.807, 2.05) is 45.2 Å². The fourth-order valence-electron chi connectivity index (χ4n) is 10.2. The van der Waals surface area contributed by atoms with Crippen molar-refractivity contribution in [1.82, 2.24) is 30.3 Å². The van der Waals surface area contributed by atoms with Gasteiger partial charge in [0.1, 0.15) is 29.3 Å². The number of aliphatic imine (C=N–C) groups is 1. The highest BCUT2D eigenvalue weighted by atomic mass is 16.5. The Morgan fingerprint density at radius 2 is 1.58 bits per heavy atom. The molecule has 2 aromatic rings. The van der Waals surface area contributed by atoms with Gasteiger partial charge < -0.3 is 34.5 Å². The van der Waals surface area contributed by atoms with E-state index in [1.165, 1.54) is 11.8 Å². The van der Waals surface area contributed by atoms with Gasteiger partial charge in [-0.3, -0.25) is 48.8 Å². The predicted octanol–water partition coefficient (Wildman–Crippen LogP) is 5.30. The zero-order chi connectivity index (χ0) is 52.3. The minimum Gasteiger partial charge on any atom is -0.483 e. The number of ether oxygens (including phenoxy) is 4. The van der Waals surface area contributed by atoms with Crippen LogP contribution in [0, 0.1) is 0 Å². The molecule has 0 radical (unpaired) electrons. The molecule has 0 bridgehead atoms. The minimum atomic E-state index is -0.785. The van der Waals surface area contributed by atoms with Crippen molar-refractivity contribution in [1.29, 1.82) is 0 Å². The fraction of sp³-hybridized carbons (Fsp3) is 0.527. The topological polar surface area (TPSA) is 214 Å². The number of nitrogens with one attached hydrogen (secondary N) is 3. The number of allylic oxidation sites excluding steroid dienone is 3. The van der Waals surface area contributed by atoms with Crippen LogP contribution in [-0.4, -0.2) is 158 Å². The molecule has 1 atom stereocenters. The second-order valence-electron chi connectivity index (χ2n) is 19.4. The maximum Gasteiger partial charge on any atom is 0.263 e. The van der Waals surface area contributed by atoms with Gasteiger partial charge in [0.05, 0.1) is 68.4 Å². The summed E-state index contributed by atoms with van der Waals surface area (Å²) in [4.78, 5) is 95.5. The molecule has 1 unspecified atom stereocenters. The molecule has 2 aliphatic carbocycles. The third-order valence-corrected chi connectivity index (χ3v) is 14.4. The first-order valence-electron chi connectivity index (χ1n) is 26.2. The van der Waals surface area contributed by atoms with Crippen molar-refractivity contribution in [2.24, 2.45) is 4.99 Å². The van der Waals surface area contributed by atoms with E-state index in [1.54, 1.807) is 17.0 Å². The number of rotatable bonds is 23. The van der Waals surface area contributed by atoms with Crippen LogP contribution in [0.3, 0.4) is 0 Å². The van der Waals surface area contributed by atoms with E-state index in [0.717, 1.165) is 100 Å². The summed E-state index contributed by atoms with van der Waals surface area (Å²) in [5.74, 6) is 0.0935. The molecular weight excluding hydrogens is 947 g/mol. The number of hydrogen-bond donors (Lipinski definition) is 3. The van der Waals surface area contributed by atoms with Gasteiger partial charge in [0.2, 0.25) is 11.8 Å².